The number of nitrogens with zero attached hydrogens (tertiary/aromatic N) is 1. The summed E-state index contributed by atoms with van der Waals surface area (Å²) >= 11 is 0. The van der Waals surface area contributed by atoms with Gasteiger partial charge in [-0.05, 0) is 49.1 Å². The number of carbonyl (C=O) groups excluding carboxylic acids is 2. The Labute approximate surface area is 176 Å². The van der Waals surface area contributed by atoms with Crippen molar-refractivity contribution in [2.45, 2.75) is 32.1 Å². The molecule has 31 heavy (non-hydrogen) atoms. The maximum absolute atomic E-state index is 15.0. The van der Waals surface area contributed by atoms with E-state index in [2.05, 4.69) is 5.32 Å². The number of anilines is 1. The maximum Gasteiger partial charge on any atom is 0.352 e. The van der Waals surface area contributed by atoms with Crippen molar-refractivity contribution in [1.29, 1.82) is 0 Å². The Morgan fingerprint density at radius 1 is 1.00 bits per heavy atom. The number of rotatable bonds is 4. The number of likely N-dealkylation sites (tertiary alicyclic amines) is 1. The molecule has 0 spiro atoms. The number of nitrogens with one attached hydrogen (secondary N) is 1. The molecule has 1 heterocycles. The van der Waals surface area contributed by atoms with Crippen molar-refractivity contribution in [3.8, 4) is 0 Å². The number of hydrogen-bond acceptors (Lipinski definition) is 2. The SMILES string of the molecule is CC1CCCCN(C(=O)C(F)(F)c2cc(C(=O)Nc3ccc(F)c(F)c3)ccc2F)C1. The van der Waals surface area contributed by atoms with Crippen LogP contribution >= 0.6 is 0 Å². The normalized spacial score (nSPS) is 17.2. The van der Waals surface area contributed by atoms with Crippen LogP contribution in [0.5, 0.6) is 0 Å². The van der Waals surface area contributed by atoms with Crippen molar-refractivity contribution in [1.82, 2.24) is 4.90 Å². The lowest BCUT2D eigenvalue weighted by Gasteiger charge is -2.27. The topological polar surface area (TPSA) is 49.4 Å². The van der Waals surface area contributed by atoms with Crippen molar-refractivity contribution >= 4 is 17.5 Å². The maximum atomic E-state index is 15.0. The fourth-order valence-electron chi connectivity index (χ4n) is 3.54. The molecule has 1 saturated heterocycles. The zero-order valence-electron chi connectivity index (χ0n) is 16.7. The van der Waals surface area contributed by atoms with E-state index in [-0.39, 0.29) is 30.3 Å². The summed E-state index contributed by atoms with van der Waals surface area (Å²) in [5.74, 6) is -10.3. The Morgan fingerprint density at radius 2 is 1.71 bits per heavy atom. The minimum absolute atomic E-state index is 0.0420. The molecule has 0 radical (unpaired) electrons. The van der Waals surface area contributed by atoms with Gasteiger partial charge < -0.3 is 10.2 Å². The highest BCUT2D eigenvalue weighted by Crippen LogP contribution is 2.34. The molecule has 2 amide bonds. The van der Waals surface area contributed by atoms with Gasteiger partial charge in [0.25, 0.3) is 11.8 Å². The second-order valence-electron chi connectivity index (χ2n) is 7.70. The number of hydrogen-bond donors (Lipinski definition) is 1. The van der Waals surface area contributed by atoms with Gasteiger partial charge in [0.1, 0.15) is 5.82 Å². The van der Waals surface area contributed by atoms with Crippen molar-refractivity contribution in [3.05, 3.63) is 65.0 Å². The van der Waals surface area contributed by atoms with E-state index in [0.29, 0.717) is 18.6 Å². The van der Waals surface area contributed by atoms with Gasteiger partial charge >= 0.3 is 5.92 Å². The molecular weight excluding hydrogens is 419 g/mol. The van der Waals surface area contributed by atoms with Gasteiger partial charge in [-0.3, -0.25) is 9.59 Å². The third kappa shape index (κ3) is 5.03. The van der Waals surface area contributed by atoms with E-state index in [1.807, 2.05) is 6.92 Å². The van der Waals surface area contributed by atoms with Crippen molar-refractivity contribution in [2.75, 3.05) is 18.4 Å². The number of halogens is 5. The molecule has 3 rings (SSSR count). The predicted octanol–water partition coefficient (Wildman–Crippen LogP) is 5.10. The average molecular weight is 440 g/mol. The number of alkyl halides is 2. The molecule has 166 valence electrons. The summed E-state index contributed by atoms with van der Waals surface area (Å²) in [6.45, 7) is 2.15. The molecule has 4 nitrogen and oxygen atoms in total. The molecule has 0 aliphatic carbocycles. The van der Waals surface area contributed by atoms with Gasteiger partial charge in [-0.25, -0.2) is 13.2 Å². The molecule has 0 aromatic heterocycles. The van der Waals surface area contributed by atoms with Crippen LogP contribution in [0, 0.1) is 23.4 Å². The molecule has 2 aromatic rings. The van der Waals surface area contributed by atoms with Crippen LogP contribution in [0.1, 0.15) is 42.1 Å². The highest BCUT2D eigenvalue weighted by atomic mass is 19.3. The Kier molecular flexibility index (Phi) is 6.62. The van der Waals surface area contributed by atoms with Crippen molar-refractivity contribution < 1.29 is 31.5 Å². The molecule has 1 aliphatic heterocycles. The van der Waals surface area contributed by atoms with Gasteiger partial charge in [0.05, 0.1) is 5.56 Å². The van der Waals surface area contributed by atoms with E-state index in [1.54, 1.807) is 0 Å². The summed E-state index contributed by atoms with van der Waals surface area (Å²) in [6.07, 6.45) is 2.19. The predicted molar refractivity (Wildman–Crippen MR) is 104 cm³/mol. The van der Waals surface area contributed by atoms with E-state index >= 15 is 0 Å². The first-order valence-electron chi connectivity index (χ1n) is 9.83. The first kappa shape index (κ1) is 22.7. The Morgan fingerprint density at radius 3 is 2.42 bits per heavy atom. The lowest BCUT2D eigenvalue weighted by Crippen LogP contribution is -2.44. The van der Waals surface area contributed by atoms with Gasteiger partial charge in [-0.1, -0.05) is 13.3 Å². The highest BCUT2D eigenvalue weighted by Gasteiger charge is 2.46. The molecule has 1 unspecified atom stereocenters. The van der Waals surface area contributed by atoms with Crippen LogP contribution in [0.15, 0.2) is 36.4 Å². The molecule has 0 saturated carbocycles. The highest BCUT2D eigenvalue weighted by molar-refractivity contribution is 6.04. The summed E-state index contributed by atoms with van der Waals surface area (Å²) in [5.41, 5.74) is -1.69. The van der Waals surface area contributed by atoms with Crippen LogP contribution in [0.2, 0.25) is 0 Å². The first-order chi connectivity index (χ1) is 14.6. The van der Waals surface area contributed by atoms with Crippen LogP contribution in [0.3, 0.4) is 0 Å². The summed E-state index contributed by atoms with van der Waals surface area (Å²) in [5, 5.41) is 2.22. The second kappa shape index (κ2) is 9.03. The van der Waals surface area contributed by atoms with Gasteiger partial charge in [-0.2, -0.15) is 8.78 Å². The van der Waals surface area contributed by atoms with Gasteiger partial charge in [0.2, 0.25) is 0 Å². The molecule has 2 aromatic carbocycles. The van der Waals surface area contributed by atoms with E-state index in [0.717, 1.165) is 42.0 Å². The zero-order valence-corrected chi connectivity index (χ0v) is 16.7. The van der Waals surface area contributed by atoms with Crippen LogP contribution < -0.4 is 5.32 Å². The van der Waals surface area contributed by atoms with Crippen LogP contribution in [0.25, 0.3) is 0 Å². The number of amides is 2. The fraction of sp³-hybridized carbons (Fsp3) is 0.364. The smallest absolute Gasteiger partial charge is 0.337 e. The lowest BCUT2D eigenvalue weighted by molar-refractivity contribution is -0.159. The molecule has 1 atom stereocenters. The largest absolute Gasteiger partial charge is 0.352 e. The van der Waals surface area contributed by atoms with Crippen LogP contribution in [0.4, 0.5) is 27.6 Å². The molecule has 0 bridgehead atoms. The third-order valence-corrected chi connectivity index (χ3v) is 5.21. The summed E-state index contributed by atoms with van der Waals surface area (Å²) in [6, 6.07) is 4.82. The first-order valence-corrected chi connectivity index (χ1v) is 9.83. The van der Waals surface area contributed by atoms with Crippen LogP contribution in [-0.2, 0) is 10.7 Å². The van der Waals surface area contributed by atoms with Gasteiger partial charge in [0, 0.05) is 30.4 Å². The molecule has 9 heteroatoms. The summed E-state index contributed by atoms with van der Waals surface area (Å²) < 4.78 is 70.5. The molecule has 1 aliphatic rings. The minimum atomic E-state index is -4.17. The van der Waals surface area contributed by atoms with Crippen molar-refractivity contribution in [2.24, 2.45) is 5.92 Å². The Hall–Kier alpha value is -2.97. The average Bonchev–Trinajstić information content (AvgIpc) is 2.94. The summed E-state index contributed by atoms with van der Waals surface area (Å²) in [7, 11) is 0. The second-order valence-corrected chi connectivity index (χ2v) is 7.70. The number of benzene rings is 2. The van der Waals surface area contributed by atoms with E-state index in [4.69, 9.17) is 0 Å². The van der Waals surface area contributed by atoms with E-state index in [9.17, 15) is 31.5 Å². The van der Waals surface area contributed by atoms with Crippen LogP contribution in [-0.4, -0.2) is 29.8 Å². The standard InChI is InChI=1S/C22H21F5N2O2/c1-13-4-2-3-9-29(12-13)21(31)22(26,27)16-10-14(5-7-17(16)23)20(30)28-15-6-8-18(24)19(25)11-15/h5-8,10-11,13H,2-4,9,12H2,1H3,(H,28,30). The monoisotopic (exact) mass is 440 g/mol. The fourth-order valence-corrected chi connectivity index (χ4v) is 3.54. The van der Waals surface area contributed by atoms with E-state index in [1.165, 1.54) is 0 Å². The summed E-state index contributed by atoms with van der Waals surface area (Å²) in [4.78, 5) is 25.9. The van der Waals surface area contributed by atoms with E-state index < -0.39 is 40.8 Å². The third-order valence-electron chi connectivity index (χ3n) is 5.21. The quantitative estimate of drug-likeness (QED) is 0.673. The minimum Gasteiger partial charge on any atom is -0.337 e. The Bertz CT molecular complexity index is 996. The Balaban J connectivity index is 1.85. The van der Waals surface area contributed by atoms with Gasteiger partial charge in [-0.15, -0.1) is 0 Å². The number of carbonyl (C=O) groups is 2. The molecule has 1 fully saturated rings. The molecular formula is C22H21F5N2O2. The van der Waals surface area contributed by atoms with Gasteiger partial charge in [0.15, 0.2) is 11.6 Å². The van der Waals surface area contributed by atoms with Crippen molar-refractivity contribution in [3.63, 3.8) is 0 Å². The lowest BCUT2D eigenvalue weighted by atomic mass is 10.0. The molecule has 1 N–H and O–H groups in total. The zero-order chi connectivity index (χ0) is 22.8.